The summed E-state index contributed by atoms with van der Waals surface area (Å²) in [5.74, 6) is -0.129. The van der Waals surface area contributed by atoms with E-state index >= 15 is 0 Å². The van der Waals surface area contributed by atoms with E-state index in [4.69, 9.17) is 0 Å². The maximum absolute atomic E-state index is 10.7. The van der Waals surface area contributed by atoms with E-state index in [0.717, 1.165) is 5.04 Å². The number of hydrogen-bond donors (Lipinski definition) is 1. The van der Waals surface area contributed by atoms with Crippen molar-refractivity contribution in [2.45, 2.75) is 0 Å². The molecule has 0 radical (unpaired) electrons. The number of nitrogens with zero attached hydrogens (tertiary/aromatic N) is 1. The predicted octanol–water partition coefficient (Wildman–Crippen LogP) is 1.52. The van der Waals surface area contributed by atoms with Crippen LogP contribution in [0.2, 0.25) is 0 Å². The van der Waals surface area contributed by atoms with E-state index in [0.29, 0.717) is 0 Å². The summed E-state index contributed by atoms with van der Waals surface area (Å²) in [5.41, 5.74) is 0. The van der Waals surface area contributed by atoms with Gasteiger partial charge < -0.3 is 0 Å². The third kappa shape index (κ3) is 1.19. The summed E-state index contributed by atoms with van der Waals surface area (Å²) in [6, 6.07) is 0. The number of carbonyl (C=O) groups excluding carboxylic acids is 1. The molecule has 0 atom stereocenters. The number of carbonyl (C=O) groups is 1. The first kappa shape index (κ1) is 6.61. The minimum Gasteiger partial charge on any atom is -0.267 e. The maximum Gasteiger partial charge on any atom is 0.270 e. The van der Waals surface area contributed by atoms with Crippen molar-refractivity contribution in [3.63, 3.8) is 0 Å². The normalized spacial score (nSPS) is 23.5. The molecule has 11 heavy (non-hydrogen) atoms. The molecule has 0 unspecified atom stereocenters. The first-order valence-corrected chi connectivity index (χ1v) is 4.78. The SMILES string of the molecule is O=C1C=CC([SH]2C=CC=C2)=N1. The molecule has 0 N–H and O–H groups in total. The van der Waals surface area contributed by atoms with Gasteiger partial charge in [-0.25, -0.2) is 4.99 Å². The van der Waals surface area contributed by atoms with Gasteiger partial charge in [0.15, 0.2) is 0 Å². The molecule has 2 rings (SSSR count). The van der Waals surface area contributed by atoms with Crippen molar-refractivity contribution >= 4 is 21.8 Å². The van der Waals surface area contributed by atoms with Crippen LogP contribution < -0.4 is 0 Å². The number of amides is 1. The van der Waals surface area contributed by atoms with Gasteiger partial charge in [0.2, 0.25) is 0 Å². The Balaban J connectivity index is 2.24. The van der Waals surface area contributed by atoms with E-state index in [1.807, 2.05) is 12.2 Å². The lowest BCUT2D eigenvalue weighted by molar-refractivity contribution is -0.113. The fourth-order valence-electron chi connectivity index (χ4n) is 0.964. The summed E-state index contributed by atoms with van der Waals surface area (Å²) in [5, 5.41) is 5.07. The van der Waals surface area contributed by atoms with E-state index < -0.39 is 10.9 Å². The molecule has 0 saturated carbocycles. The highest BCUT2D eigenvalue weighted by atomic mass is 32.2. The van der Waals surface area contributed by atoms with Crippen LogP contribution in [0, 0.1) is 0 Å². The van der Waals surface area contributed by atoms with Crippen molar-refractivity contribution in [2.75, 3.05) is 0 Å². The van der Waals surface area contributed by atoms with E-state index in [1.54, 1.807) is 6.08 Å². The smallest absolute Gasteiger partial charge is 0.267 e. The Kier molecular flexibility index (Phi) is 1.51. The van der Waals surface area contributed by atoms with E-state index in [9.17, 15) is 4.79 Å². The van der Waals surface area contributed by atoms with Gasteiger partial charge in [-0.15, -0.1) is 0 Å². The van der Waals surface area contributed by atoms with Crippen LogP contribution in [0.3, 0.4) is 0 Å². The van der Waals surface area contributed by atoms with E-state index in [2.05, 4.69) is 15.8 Å². The minimum absolute atomic E-state index is 0.129. The van der Waals surface area contributed by atoms with Crippen LogP contribution in [0.1, 0.15) is 0 Å². The van der Waals surface area contributed by atoms with Crippen LogP contribution in [0.5, 0.6) is 0 Å². The van der Waals surface area contributed by atoms with Gasteiger partial charge >= 0.3 is 0 Å². The van der Waals surface area contributed by atoms with Crippen molar-refractivity contribution < 1.29 is 4.79 Å². The van der Waals surface area contributed by atoms with Gasteiger partial charge in [0.25, 0.3) is 5.91 Å². The van der Waals surface area contributed by atoms with Gasteiger partial charge in [0, 0.05) is 6.08 Å². The lowest BCUT2D eigenvalue weighted by atomic mass is 10.6. The second kappa shape index (κ2) is 2.51. The minimum atomic E-state index is -0.392. The topological polar surface area (TPSA) is 29.4 Å². The highest BCUT2D eigenvalue weighted by molar-refractivity contribution is 8.35. The molecule has 0 aromatic rings. The molecule has 0 aromatic carbocycles. The van der Waals surface area contributed by atoms with Gasteiger partial charge in [-0.05, 0) is 16.9 Å². The first-order valence-electron chi connectivity index (χ1n) is 3.30. The van der Waals surface area contributed by atoms with Gasteiger partial charge in [-0.3, -0.25) is 4.79 Å². The molecule has 2 aliphatic heterocycles. The zero-order valence-electron chi connectivity index (χ0n) is 5.77. The summed E-state index contributed by atoms with van der Waals surface area (Å²) < 4.78 is 0. The summed E-state index contributed by atoms with van der Waals surface area (Å²) in [4.78, 5) is 14.6. The standard InChI is InChI=1S/C8H7NOS/c10-7-3-4-8(9-7)11-5-1-2-6-11/h1-6,11H. The zero-order chi connectivity index (χ0) is 7.68. The van der Waals surface area contributed by atoms with Crippen molar-refractivity contribution in [2.24, 2.45) is 4.99 Å². The Labute approximate surface area is 67.4 Å². The number of aliphatic imine (C=N–C) groups is 1. The summed E-state index contributed by atoms with van der Waals surface area (Å²) in [6.07, 6.45) is 7.29. The Hall–Kier alpha value is -1.09. The largest absolute Gasteiger partial charge is 0.270 e. The van der Waals surface area contributed by atoms with Gasteiger partial charge in [-0.2, -0.15) is 10.9 Å². The summed E-state index contributed by atoms with van der Waals surface area (Å²) in [7, 11) is -0.392. The number of allylic oxidation sites excluding steroid dienone is 2. The molecule has 0 bridgehead atoms. The molecular weight excluding hydrogens is 158 g/mol. The highest BCUT2D eigenvalue weighted by Gasteiger charge is 2.11. The molecule has 2 aliphatic rings. The van der Waals surface area contributed by atoms with Crippen LogP contribution in [0.25, 0.3) is 0 Å². The van der Waals surface area contributed by atoms with Crippen molar-refractivity contribution in [1.82, 2.24) is 0 Å². The highest BCUT2D eigenvalue weighted by Crippen LogP contribution is 2.36. The number of rotatable bonds is 0. The molecule has 2 heterocycles. The second-order valence-electron chi connectivity index (χ2n) is 2.23. The maximum atomic E-state index is 10.7. The molecule has 56 valence electrons. The molecule has 1 amide bonds. The first-order chi connectivity index (χ1) is 5.36. The molecule has 0 aromatic heterocycles. The van der Waals surface area contributed by atoms with Crippen LogP contribution in [-0.2, 0) is 4.79 Å². The van der Waals surface area contributed by atoms with Crippen LogP contribution in [-0.4, -0.2) is 11.0 Å². The summed E-state index contributed by atoms with van der Waals surface area (Å²) in [6.45, 7) is 0. The monoisotopic (exact) mass is 165 g/mol. The zero-order valence-corrected chi connectivity index (χ0v) is 6.66. The predicted molar refractivity (Wildman–Crippen MR) is 48.8 cm³/mol. The molecule has 0 fully saturated rings. The van der Waals surface area contributed by atoms with Crippen molar-refractivity contribution in [1.29, 1.82) is 0 Å². The second-order valence-corrected chi connectivity index (χ2v) is 4.10. The molecule has 0 saturated heterocycles. The fourth-order valence-corrected chi connectivity index (χ4v) is 2.40. The molecule has 0 aliphatic carbocycles. The van der Waals surface area contributed by atoms with Crippen LogP contribution in [0.15, 0.2) is 40.1 Å². The molecule has 0 spiro atoms. The number of thiol groups is 1. The van der Waals surface area contributed by atoms with Gasteiger partial charge in [0.1, 0.15) is 0 Å². The summed E-state index contributed by atoms with van der Waals surface area (Å²) >= 11 is 0. The molecular formula is C8H7NOS. The third-order valence-corrected chi connectivity index (χ3v) is 3.23. The van der Waals surface area contributed by atoms with Crippen molar-refractivity contribution in [3.05, 3.63) is 35.1 Å². The lowest BCUT2D eigenvalue weighted by Gasteiger charge is -2.05. The Morgan fingerprint density at radius 3 is 2.45 bits per heavy atom. The Morgan fingerprint density at radius 1 is 1.18 bits per heavy atom. The van der Waals surface area contributed by atoms with Gasteiger partial charge in [-0.1, -0.05) is 12.2 Å². The van der Waals surface area contributed by atoms with Gasteiger partial charge in [0.05, 0.1) is 5.04 Å². The molecule has 3 heteroatoms. The Morgan fingerprint density at radius 2 is 1.91 bits per heavy atom. The van der Waals surface area contributed by atoms with Crippen LogP contribution >= 0.6 is 10.9 Å². The molecule has 2 nitrogen and oxygen atoms in total. The fraction of sp³-hybridized carbons (Fsp3) is 0. The number of hydrogen-bond acceptors (Lipinski definition) is 1. The lowest BCUT2D eigenvalue weighted by Crippen LogP contribution is -1.87. The quantitative estimate of drug-likeness (QED) is 0.542. The Bertz CT molecular complexity index is 300. The van der Waals surface area contributed by atoms with E-state index in [1.165, 1.54) is 6.08 Å². The van der Waals surface area contributed by atoms with Crippen LogP contribution in [0.4, 0.5) is 0 Å². The average Bonchev–Trinajstić information content (AvgIpc) is 2.55. The average molecular weight is 165 g/mol. The van der Waals surface area contributed by atoms with E-state index in [-0.39, 0.29) is 5.91 Å². The van der Waals surface area contributed by atoms with Crippen molar-refractivity contribution in [3.8, 4) is 0 Å². The third-order valence-electron chi connectivity index (χ3n) is 1.47.